The first-order chi connectivity index (χ1) is 69.9. The molecule has 0 aliphatic heterocycles. The third-order valence-electron chi connectivity index (χ3n) is 28.6. The van der Waals surface area contributed by atoms with Gasteiger partial charge in [0.25, 0.3) is 0 Å². The number of aromatic nitrogens is 6. The standard InChI is InChI=1S/3C43H25N3O/c1-44-36-19-11-18-29(43(36)46-38-21-7-2-14-30(38)31-15-3-8-22-39(31)46)27-12-10-13-28(24-27)45-37-20-6-4-16-32(37)34-25-35-33-17-5-9-23-41(33)47-42(35)26-40(34)45;1-44-35-19-11-18-29(42(35)46-37-21-7-2-14-30(37)31-15-3-8-22-38(31)46)27-12-10-13-28(26-27)45-36-20-6-4-16-32(36)33-24-25-40-41(43(33)45)34-17-5-9-23-39(34)47-40;1-44-36-19-11-18-29(41(36)46-38-21-7-2-14-30(38)31-15-3-8-22-39(31)46)27-12-10-13-28(26-27)45-37-20-6-4-16-32(37)34-24-25-35-33-17-5-9-23-40(33)47-43(35)42(34)45/h3*2-26H. The van der Waals surface area contributed by atoms with Crippen LogP contribution in [0.2, 0.25) is 0 Å². The molecule has 0 saturated carbocycles. The van der Waals surface area contributed by atoms with Gasteiger partial charge in [-0.1, -0.05) is 315 Å². The summed E-state index contributed by atoms with van der Waals surface area (Å²) in [6.07, 6.45) is 0. The summed E-state index contributed by atoms with van der Waals surface area (Å²) in [6.45, 7) is 24.6. The number of hydrogen-bond acceptors (Lipinski definition) is 3. The van der Waals surface area contributed by atoms with Crippen LogP contribution in [0.4, 0.5) is 17.1 Å². The summed E-state index contributed by atoms with van der Waals surface area (Å²) in [5, 5.41) is 20.8. The smallest absolute Gasteiger partial charge is 0.211 e. The maximum Gasteiger partial charge on any atom is 0.211 e. The molecule has 0 atom stereocenters. The monoisotopic (exact) mass is 1800 g/mol. The molecule has 9 aromatic heterocycles. The van der Waals surface area contributed by atoms with E-state index in [4.69, 9.17) is 33.0 Å². The maximum absolute atomic E-state index is 8.22. The Kier molecular flexibility index (Phi) is 18.0. The Bertz CT molecular complexity index is 10500. The minimum atomic E-state index is 0.611. The normalized spacial score (nSPS) is 11.8. The van der Waals surface area contributed by atoms with Gasteiger partial charge in [-0.3, -0.25) is 0 Å². The van der Waals surface area contributed by atoms with E-state index < -0.39 is 0 Å². The number of rotatable bonds is 9. The first-order valence-corrected chi connectivity index (χ1v) is 47.2. The fourth-order valence-electron chi connectivity index (χ4n) is 22.7. The number of hydrogen-bond donors (Lipinski definition) is 0. The van der Waals surface area contributed by atoms with Gasteiger partial charge in [0, 0.05) is 115 Å². The summed E-state index contributed by atoms with van der Waals surface area (Å²) in [4.78, 5) is 12.1. The van der Waals surface area contributed by atoms with E-state index in [0.29, 0.717) is 17.1 Å². The molecule has 30 rings (SSSR count). The van der Waals surface area contributed by atoms with Crippen molar-refractivity contribution < 1.29 is 13.3 Å². The number of fused-ring (bicyclic) bond motifs is 29. The minimum absolute atomic E-state index is 0.611. The summed E-state index contributed by atoms with van der Waals surface area (Å²) < 4.78 is 33.1. The van der Waals surface area contributed by atoms with E-state index in [9.17, 15) is 0 Å². The highest BCUT2D eigenvalue weighted by Gasteiger charge is 2.28. The van der Waals surface area contributed by atoms with Gasteiger partial charge >= 0.3 is 0 Å². The Morgan fingerprint density at radius 1 is 0.170 bits per heavy atom. The number of nitrogens with zero attached hydrogens (tertiary/aromatic N) is 9. The average molecular weight is 1800 g/mol. The zero-order chi connectivity index (χ0) is 93.2. The zero-order valence-electron chi connectivity index (χ0n) is 75.6. The Hall–Kier alpha value is -19.7. The van der Waals surface area contributed by atoms with Gasteiger partial charge in [0.1, 0.15) is 27.9 Å². The summed E-state index contributed by atoms with van der Waals surface area (Å²) in [5.74, 6) is 0. The lowest BCUT2D eigenvalue weighted by molar-refractivity contribution is 0.669. The molecule has 0 aliphatic carbocycles. The molecule has 0 unspecified atom stereocenters. The van der Waals surface area contributed by atoms with Crippen molar-refractivity contribution in [2.75, 3.05) is 0 Å². The van der Waals surface area contributed by atoms with Crippen LogP contribution in [0.5, 0.6) is 0 Å². The number of furan rings is 3. The van der Waals surface area contributed by atoms with Crippen molar-refractivity contribution in [1.82, 2.24) is 27.4 Å². The molecule has 9 heterocycles. The van der Waals surface area contributed by atoms with Crippen LogP contribution in [0, 0.1) is 19.7 Å². The third kappa shape index (κ3) is 12.1. The summed E-state index contributed by atoms with van der Waals surface area (Å²) in [6, 6.07) is 159. The summed E-state index contributed by atoms with van der Waals surface area (Å²) in [7, 11) is 0. The Balaban J connectivity index is 0.000000104. The minimum Gasteiger partial charge on any atom is -0.456 e. The van der Waals surface area contributed by atoms with Gasteiger partial charge in [0.05, 0.1) is 108 Å². The zero-order valence-corrected chi connectivity index (χ0v) is 75.6. The number of para-hydroxylation sites is 15. The molecule has 0 radical (unpaired) electrons. The fraction of sp³-hybridized carbons (Fsp3) is 0. The van der Waals surface area contributed by atoms with Crippen LogP contribution in [0.3, 0.4) is 0 Å². The quantitative estimate of drug-likeness (QED) is 0.135. The molecule has 12 heteroatoms. The van der Waals surface area contributed by atoms with Crippen LogP contribution in [0.1, 0.15) is 0 Å². The van der Waals surface area contributed by atoms with Gasteiger partial charge in [-0.25, -0.2) is 14.5 Å². The lowest BCUT2D eigenvalue weighted by Gasteiger charge is -2.17. The van der Waals surface area contributed by atoms with Gasteiger partial charge in [0.2, 0.25) is 17.1 Å². The van der Waals surface area contributed by atoms with Gasteiger partial charge in [-0.05, 0) is 167 Å². The van der Waals surface area contributed by atoms with Crippen LogP contribution >= 0.6 is 0 Å². The topological polar surface area (TPSA) is 82.1 Å². The molecule has 0 spiro atoms. The first kappa shape index (κ1) is 79.8. The predicted octanol–water partition coefficient (Wildman–Crippen LogP) is 36.0. The lowest BCUT2D eigenvalue weighted by atomic mass is 10.0. The molecule has 0 fully saturated rings. The molecule has 0 N–H and O–H groups in total. The van der Waals surface area contributed by atoms with E-state index in [1.165, 1.54) is 59.2 Å². The van der Waals surface area contributed by atoms with Crippen molar-refractivity contribution in [1.29, 1.82) is 0 Å². The van der Waals surface area contributed by atoms with E-state index >= 15 is 0 Å². The molecule has 654 valence electrons. The average Bonchev–Trinajstić information content (AvgIpc) is 1.55. The molecule has 0 aliphatic rings. The van der Waals surface area contributed by atoms with Crippen LogP contribution in [0.25, 0.3) is 279 Å². The van der Waals surface area contributed by atoms with E-state index in [1.54, 1.807) is 0 Å². The van der Waals surface area contributed by atoms with E-state index in [1.807, 2.05) is 72.8 Å². The second-order valence-electron chi connectivity index (χ2n) is 36.0. The van der Waals surface area contributed by atoms with E-state index in [-0.39, 0.29) is 0 Å². The Morgan fingerprint density at radius 2 is 0.461 bits per heavy atom. The van der Waals surface area contributed by atoms with Gasteiger partial charge in [-0.15, -0.1) is 0 Å². The molecule has 30 aromatic rings. The van der Waals surface area contributed by atoms with Gasteiger partial charge in [0.15, 0.2) is 5.58 Å². The molecular weight excluding hydrogens is 1720 g/mol. The highest BCUT2D eigenvalue weighted by Crippen LogP contribution is 2.51. The summed E-state index contributed by atoms with van der Waals surface area (Å²) >= 11 is 0. The summed E-state index contributed by atoms with van der Waals surface area (Å²) in [5.41, 5.74) is 32.2. The largest absolute Gasteiger partial charge is 0.456 e. The Morgan fingerprint density at radius 3 is 0.872 bits per heavy atom. The van der Waals surface area contributed by atoms with Crippen molar-refractivity contribution in [2.24, 2.45) is 0 Å². The Labute approximate surface area is 805 Å². The second-order valence-corrected chi connectivity index (χ2v) is 36.0. The molecule has 141 heavy (non-hydrogen) atoms. The number of benzene rings is 21. The highest BCUT2D eigenvalue weighted by molar-refractivity contribution is 6.26. The molecule has 0 bridgehead atoms. The molecular formula is C129H75N9O3. The van der Waals surface area contributed by atoms with Crippen molar-refractivity contribution in [3.63, 3.8) is 0 Å². The second kappa shape index (κ2) is 31.7. The van der Waals surface area contributed by atoms with Crippen LogP contribution in [-0.2, 0) is 0 Å². The van der Waals surface area contributed by atoms with Crippen molar-refractivity contribution in [2.45, 2.75) is 0 Å². The predicted molar refractivity (Wildman–Crippen MR) is 582 cm³/mol. The molecule has 0 saturated heterocycles. The van der Waals surface area contributed by atoms with Gasteiger partial charge in [-0.2, -0.15) is 0 Å². The first-order valence-electron chi connectivity index (χ1n) is 47.2. The van der Waals surface area contributed by atoms with Crippen LogP contribution in [-0.4, -0.2) is 27.4 Å². The van der Waals surface area contributed by atoms with Gasteiger partial charge < -0.3 is 40.7 Å². The molecule has 12 nitrogen and oxygen atoms in total. The SMILES string of the molecule is [C-]#[N+]c1cccc(-c2cccc(-n3c4ccccc4c4cc5c(cc43)oc3ccccc35)c2)c1-n1c2ccccc2c2ccccc21.[C-]#[N+]c1cccc(-c2cccc(-n3c4ccccc4c4ccc5c6ccccc6oc5c43)c2)c1-n1c2ccccc2c2ccccc21.[C-]#[N+]c1cccc(-c2cccc(-n3c4ccccc4c4ccc5oc6ccccc6c5c43)c2)c1-n1c2ccccc2c2ccccc21. The lowest BCUT2D eigenvalue weighted by Crippen LogP contribution is -1.99. The van der Waals surface area contributed by atoms with E-state index in [2.05, 4.69) is 424 Å². The van der Waals surface area contributed by atoms with Crippen molar-refractivity contribution >= 4 is 214 Å². The van der Waals surface area contributed by atoms with Crippen molar-refractivity contribution in [3.8, 4) is 67.5 Å². The maximum atomic E-state index is 8.22. The molecule has 0 amide bonds. The van der Waals surface area contributed by atoms with Crippen LogP contribution in [0.15, 0.2) is 468 Å². The molecule has 21 aromatic carbocycles. The van der Waals surface area contributed by atoms with Crippen molar-refractivity contribution in [3.05, 3.63) is 489 Å². The van der Waals surface area contributed by atoms with Crippen LogP contribution < -0.4 is 0 Å². The highest BCUT2D eigenvalue weighted by atomic mass is 16.3. The fourth-order valence-corrected chi connectivity index (χ4v) is 22.7. The third-order valence-corrected chi connectivity index (χ3v) is 28.6. The van der Waals surface area contributed by atoms with E-state index in [0.717, 1.165) is 205 Å².